The normalized spacial score (nSPS) is 13.5. The molecule has 1 atom stereocenters. The number of hydrogen-bond acceptors (Lipinski definition) is 5. The first-order valence-electron chi connectivity index (χ1n) is 3.28. The number of carbonyl (C=O) groups is 2. The molecule has 0 heterocycles. The van der Waals surface area contributed by atoms with E-state index < -0.39 is 26.3 Å². The molecule has 76 valence electrons. The van der Waals surface area contributed by atoms with E-state index in [1.807, 2.05) is 0 Å². The molecule has 0 aromatic heterocycles. The Morgan fingerprint density at radius 1 is 1.62 bits per heavy atom. The zero-order valence-corrected chi connectivity index (χ0v) is 7.56. The molecule has 0 radical (unpaired) electrons. The monoisotopic (exact) mass is 211 g/mol. The third-order valence-electron chi connectivity index (χ3n) is 1.33. The summed E-state index contributed by atoms with van der Waals surface area (Å²) in [6, 6.07) is 0. The average molecular weight is 211 g/mol. The highest BCUT2D eigenvalue weighted by molar-refractivity contribution is 7.87. The van der Waals surface area contributed by atoms with Crippen LogP contribution in [0.1, 0.15) is 13.3 Å². The number of hydrogen-bond donors (Lipinski definition) is 2. The fourth-order valence-corrected chi connectivity index (χ4v) is 1.50. The van der Waals surface area contributed by atoms with Crippen molar-refractivity contribution in [2.24, 2.45) is 0 Å². The van der Waals surface area contributed by atoms with E-state index >= 15 is 0 Å². The molecule has 8 heteroatoms. The Hall–Kier alpha value is -0.990. The smallest absolute Gasteiger partial charge is 0.277 e. The quantitative estimate of drug-likeness (QED) is 0.268. The predicted octanol–water partition coefficient (Wildman–Crippen LogP) is -0.973. The van der Waals surface area contributed by atoms with Gasteiger partial charge in [0, 0.05) is 0 Å². The number of imide groups is 1. The number of nitrogens with zero attached hydrogens (tertiary/aromatic N) is 1. The summed E-state index contributed by atoms with van der Waals surface area (Å²) in [5.74, 6) is -1.37. The van der Waals surface area contributed by atoms with Crippen LogP contribution < -0.4 is 0 Å². The van der Waals surface area contributed by atoms with Crippen LogP contribution in [0.5, 0.6) is 0 Å². The van der Waals surface area contributed by atoms with Gasteiger partial charge < -0.3 is 0 Å². The van der Waals surface area contributed by atoms with Gasteiger partial charge >= 0.3 is 0 Å². The van der Waals surface area contributed by atoms with Crippen molar-refractivity contribution in [1.29, 1.82) is 0 Å². The van der Waals surface area contributed by atoms with Gasteiger partial charge in [0.15, 0.2) is 5.25 Å². The first-order valence-corrected chi connectivity index (χ1v) is 4.78. The second kappa shape index (κ2) is 4.30. The van der Waals surface area contributed by atoms with Crippen LogP contribution >= 0.6 is 0 Å². The van der Waals surface area contributed by atoms with E-state index in [0.717, 1.165) is 0 Å². The van der Waals surface area contributed by atoms with Crippen LogP contribution in [0.25, 0.3) is 0 Å². The van der Waals surface area contributed by atoms with E-state index in [1.54, 1.807) is 0 Å². The number of hydroxylamine groups is 2. The Balaban J connectivity index is 4.81. The fraction of sp³-hybridized carbons (Fsp3) is 0.600. The highest BCUT2D eigenvalue weighted by Gasteiger charge is 2.32. The minimum absolute atomic E-state index is 0.234. The molecule has 0 saturated carbocycles. The van der Waals surface area contributed by atoms with Crippen LogP contribution in [0.2, 0.25) is 0 Å². The molecule has 0 rings (SSSR count). The maximum Gasteiger partial charge on any atom is 0.277 e. The minimum Gasteiger partial charge on any atom is -0.285 e. The number of carbonyl (C=O) groups excluding carboxylic acids is 2. The van der Waals surface area contributed by atoms with Gasteiger partial charge in [-0.3, -0.25) is 19.3 Å². The van der Waals surface area contributed by atoms with Crippen LogP contribution in [0, 0.1) is 0 Å². The van der Waals surface area contributed by atoms with Crippen molar-refractivity contribution in [3.05, 3.63) is 0 Å². The standard InChI is InChI=1S/C5H9NO6S/c1-2-4(13(10,11)12)5(8)6(9)3-7/h3-4,9H,2H2,1H3,(H,10,11,12). The van der Waals surface area contributed by atoms with Crippen LogP contribution in [0.15, 0.2) is 0 Å². The van der Waals surface area contributed by atoms with Gasteiger partial charge in [-0.2, -0.15) is 13.5 Å². The van der Waals surface area contributed by atoms with E-state index in [4.69, 9.17) is 9.76 Å². The van der Waals surface area contributed by atoms with Crippen molar-refractivity contribution in [3.8, 4) is 0 Å². The topological polar surface area (TPSA) is 112 Å². The van der Waals surface area contributed by atoms with Crippen LogP contribution in [-0.4, -0.2) is 40.8 Å². The van der Waals surface area contributed by atoms with Gasteiger partial charge in [0.1, 0.15) is 0 Å². The summed E-state index contributed by atoms with van der Waals surface area (Å²) in [7, 11) is -4.58. The van der Waals surface area contributed by atoms with Crippen molar-refractivity contribution in [2.45, 2.75) is 18.6 Å². The Morgan fingerprint density at radius 2 is 2.08 bits per heavy atom. The Bertz CT molecular complexity index is 296. The SMILES string of the molecule is CCC(C(=O)N(O)C=O)S(=O)(=O)O. The van der Waals surface area contributed by atoms with Gasteiger partial charge in [-0.05, 0) is 6.42 Å². The van der Waals surface area contributed by atoms with Crippen LogP contribution in [0.3, 0.4) is 0 Å². The molecule has 0 aliphatic carbocycles. The van der Waals surface area contributed by atoms with Gasteiger partial charge in [0.05, 0.1) is 0 Å². The third kappa shape index (κ3) is 3.09. The largest absolute Gasteiger partial charge is 0.285 e. The molecule has 2 N–H and O–H groups in total. The Kier molecular flexibility index (Phi) is 3.98. The second-order valence-electron chi connectivity index (χ2n) is 2.20. The summed E-state index contributed by atoms with van der Waals surface area (Å²) in [6.07, 6.45) is -0.487. The molecule has 7 nitrogen and oxygen atoms in total. The van der Waals surface area contributed by atoms with Crippen molar-refractivity contribution >= 4 is 22.4 Å². The molecule has 0 aromatic carbocycles. The molecular weight excluding hydrogens is 202 g/mol. The molecule has 1 unspecified atom stereocenters. The molecule has 0 saturated heterocycles. The molecule has 0 aliphatic heterocycles. The zero-order chi connectivity index (χ0) is 10.6. The fourth-order valence-electron chi connectivity index (χ4n) is 0.712. The predicted molar refractivity (Wildman–Crippen MR) is 40.3 cm³/mol. The summed E-state index contributed by atoms with van der Waals surface area (Å²) >= 11 is 0. The molecule has 0 spiro atoms. The summed E-state index contributed by atoms with van der Waals surface area (Å²) in [6.45, 7) is 1.31. The van der Waals surface area contributed by atoms with E-state index in [2.05, 4.69) is 0 Å². The van der Waals surface area contributed by atoms with Crippen LogP contribution in [-0.2, 0) is 19.7 Å². The number of rotatable bonds is 4. The van der Waals surface area contributed by atoms with Gasteiger partial charge in [-0.1, -0.05) is 6.92 Å². The molecule has 0 aliphatic rings. The lowest BCUT2D eigenvalue weighted by molar-refractivity contribution is -0.169. The van der Waals surface area contributed by atoms with Gasteiger partial charge in [0.2, 0.25) is 6.41 Å². The molecular formula is C5H9NO6S. The van der Waals surface area contributed by atoms with Crippen molar-refractivity contribution in [1.82, 2.24) is 5.06 Å². The van der Waals surface area contributed by atoms with Crippen molar-refractivity contribution in [3.63, 3.8) is 0 Å². The van der Waals surface area contributed by atoms with Crippen molar-refractivity contribution in [2.75, 3.05) is 0 Å². The molecule has 0 fully saturated rings. The van der Waals surface area contributed by atoms with E-state index in [0.29, 0.717) is 0 Å². The molecule has 0 bridgehead atoms. The second-order valence-corrected chi connectivity index (χ2v) is 3.80. The molecule has 13 heavy (non-hydrogen) atoms. The minimum atomic E-state index is -4.58. The molecule has 0 aromatic rings. The summed E-state index contributed by atoms with van der Waals surface area (Å²) < 4.78 is 29.5. The number of amides is 2. The lowest BCUT2D eigenvalue weighted by Crippen LogP contribution is -2.40. The summed E-state index contributed by atoms with van der Waals surface area (Å²) in [5, 5.41) is 6.31. The Labute approximate surface area is 74.7 Å². The Morgan fingerprint density at radius 3 is 2.31 bits per heavy atom. The first-order chi connectivity index (χ1) is 5.84. The van der Waals surface area contributed by atoms with Crippen molar-refractivity contribution < 1.29 is 27.8 Å². The average Bonchev–Trinajstić information content (AvgIpc) is 2.01. The van der Waals surface area contributed by atoms with Gasteiger partial charge in [-0.25, -0.2) is 0 Å². The summed E-state index contributed by atoms with van der Waals surface area (Å²) in [4.78, 5) is 20.7. The van der Waals surface area contributed by atoms with E-state index in [-0.39, 0.29) is 12.8 Å². The first kappa shape index (κ1) is 12.0. The summed E-state index contributed by atoms with van der Waals surface area (Å²) in [5.41, 5.74) is 0. The highest BCUT2D eigenvalue weighted by atomic mass is 32.2. The van der Waals surface area contributed by atoms with Crippen LogP contribution in [0.4, 0.5) is 0 Å². The maximum atomic E-state index is 10.9. The third-order valence-corrected chi connectivity index (χ3v) is 2.59. The van der Waals surface area contributed by atoms with E-state index in [9.17, 15) is 18.0 Å². The lowest BCUT2D eigenvalue weighted by Gasteiger charge is -2.12. The van der Waals surface area contributed by atoms with Gasteiger partial charge in [0.25, 0.3) is 16.0 Å². The van der Waals surface area contributed by atoms with E-state index in [1.165, 1.54) is 6.92 Å². The highest BCUT2D eigenvalue weighted by Crippen LogP contribution is 2.06. The maximum absolute atomic E-state index is 10.9. The lowest BCUT2D eigenvalue weighted by atomic mass is 10.3. The molecule has 2 amide bonds. The zero-order valence-electron chi connectivity index (χ0n) is 6.74. The van der Waals surface area contributed by atoms with Gasteiger partial charge in [-0.15, -0.1) is 0 Å².